The van der Waals surface area contributed by atoms with Gasteiger partial charge < -0.3 is 4.98 Å². The minimum absolute atomic E-state index is 0. The van der Waals surface area contributed by atoms with E-state index >= 15 is 0 Å². The third kappa shape index (κ3) is 1.51. The highest BCUT2D eigenvalue weighted by Gasteiger charge is 1.70. The Morgan fingerprint density at radius 1 is 1.62 bits per heavy atom. The summed E-state index contributed by atoms with van der Waals surface area (Å²) in [5.74, 6) is 0. The molecular weight excluding hydrogens is 111 g/mol. The van der Waals surface area contributed by atoms with Gasteiger partial charge in [-0.1, -0.05) is 0 Å². The summed E-state index contributed by atoms with van der Waals surface area (Å²) in [6.45, 7) is 0. The van der Waals surface area contributed by atoms with E-state index in [2.05, 4.69) is 9.97 Å². The van der Waals surface area contributed by atoms with E-state index in [9.17, 15) is 4.79 Å². The molecule has 1 aromatic rings. The molecular formula is C4H5FN2O. The van der Waals surface area contributed by atoms with Crippen LogP contribution in [0.25, 0.3) is 0 Å². The Kier molecular flexibility index (Phi) is 2.47. The van der Waals surface area contributed by atoms with Gasteiger partial charge in [0.25, 0.3) is 0 Å². The first-order valence-corrected chi connectivity index (χ1v) is 1.89. The van der Waals surface area contributed by atoms with Gasteiger partial charge in [0, 0.05) is 12.4 Å². The van der Waals surface area contributed by atoms with E-state index in [0.29, 0.717) is 0 Å². The van der Waals surface area contributed by atoms with Gasteiger partial charge in [-0.25, -0.2) is 9.78 Å². The van der Waals surface area contributed by atoms with Gasteiger partial charge in [0.2, 0.25) is 0 Å². The smallest absolute Gasteiger partial charge is 0.313 e. The monoisotopic (exact) mass is 116 g/mol. The van der Waals surface area contributed by atoms with Crippen LogP contribution in [-0.2, 0) is 0 Å². The van der Waals surface area contributed by atoms with Crippen molar-refractivity contribution in [2.45, 2.75) is 0 Å². The predicted molar refractivity (Wildman–Crippen MR) is 27.4 cm³/mol. The second-order valence-electron chi connectivity index (χ2n) is 1.09. The standard InChI is InChI=1S/C4H4N2O.FH/c7-4-5-2-1-3-6-4;/h1-3H,(H,5,6,7);1H. The minimum Gasteiger partial charge on any atom is -0.313 e. The van der Waals surface area contributed by atoms with Crippen LogP contribution in [0.1, 0.15) is 0 Å². The summed E-state index contributed by atoms with van der Waals surface area (Å²) in [5.41, 5.74) is -0.303. The fourth-order valence-corrected chi connectivity index (χ4v) is 0.310. The van der Waals surface area contributed by atoms with Crippen molar-refractivity contribution < 1.29 is 4.70 Å². The fourth-order valence-electron chi connectivity index (χ4n) is 0.310. The van der Waals surface area contributed by atoms with Crippen molar-refractivity contribution in [2.75, 3.05) is 0 Å². The summed E-state index contributed by atoms with van der Waals surface area (Å²) >= 11 is 0. The van der Waals surface area contributed by atoms with Crippen molar-refractivity contribution in [3.05, 3.63) is 28.9 Å². The Bertz CT molecular complexity index is 180. The highest BCUT2D eigenvalue weighted by atomic mass is 19.0. The van der Waals surface area contributed by atoms with Crippen LogP contribution >= 0.6 is 0 Å². The zero-order valence-electron chi connectivity index (χ0n) is 4.00. The number of H-pyrrole nitrogens is 1. The van der Waals surface area contributed by atoms with Crippen LogP contribution < -0.4 is 5.69 Å². The lowest BCUT2D eigenvalue weighted by atomic mass is 10.7. The van der Waals surface area contributed by atoms with Crippen LogP contribution in [-0.4, -0.2) is 9.97 Å². The maximum Gasteiger partial charge on any atom is 0.344 e. The van der Waals surface area contributed by atoms with E-state index in [1.807, 2.05) is 0 Å². The molecule has 1 aromatic heterocycles. The number of nitrogens with one attached hydrogen (secondary N) is 1. The largest absolute Gasteiger partial charge is 0.344 e. The summed E-state index contributed by atoms with van der Waals surface area (Å²) in [6, 6.07) is 1.65. The molecule has 0 bridgehead atoms. The van der Waals surface area contributed by atoms with E-state index in [-0.39, 0.29) is 10.4 Å². The molecule has 0 aromatic carbocycles. The lowest BCUT2D eigenvalue weighted by Crippen LogP contribution is -2.05. The lowest BCUT2D eigenvalue weighted by Gasteiger charge is -1.72. The normalized spacial score (nSPS) is 7.50. The number of hydrogen-bond acceptors (Lipinski definition) is 2. The van der Waals surface area contributed by atoms with Gasteiger partial charge in [-0.05, 0) is 6.07 Å². The molecule has 0 unspecified atom stereocenters. The molecule has 0 saturated heterocycles. The van der Waals surface area contributed by atoms with Crippen molar-refractivity contribution in [3.8, 4) is 0 Å². The quantitative estimate of drug-likeness (QED) is 0.515. The highest BCUT2D eigenvalue weighted by molar-refractivity contribution is 4.75. The zero-order chi connectivity index (χ0) is 5.11. The Labute approximate surface area is 44.8 Å². The van der Waals surface area contributed by atoms with Crippen molar-refractivity contribution >= 4 is 0 Å². The van der Waals surface area contributed by atoms with Crippen molar-refractivity contribution in [1.29, 1.82) is 0 Å². The van der Waals surface area contributed by atoms with Gasteiger partial charge in [0.15, 0.2) is 0 Å². The Morgan fingerprint density at radius 2 is 2.38 bits per heavy atom. The summed E-state index contributed by atoms with van der Waals surface area (Å²) in [5, 5.41) is 0. The number of rotatable bonds is 0. The number of halogens is 1. The minimum atomic E-state index is -0.303. The van der Waals surface area contributed by atoms with Crippen LogP contribution in [0.3, 0.4) is 0 Å². The van der Waals surface area contributed by atoms with Crippen molar-refractivity contribution in [1.82, 2.24) is 9.97 Å². The second-order valence-corrected chi connectivity index (χ2v) is 1.09. The van der Waals surface area contributed by atoms with E-state index in [1.54, 1.807) is 6.07 Å². The molecule has 0 spiro atoms. The molecule has 1 rings (SSSR count). The number of aromatic amines is 1. The van der Waals surface area contributed by atoms with Gasteiger partial charge in [0.1, 0.15) is 0 Å². The van der Waals surface area contributed by atoms with Crippen molar-refractivity contribution in [3.63, 3.8) is 0 Å². The third-order valence-electron chi connectivity index (χ3n) is 0.581. The molecule has 4 heteroatoms. The Balaban J connectivity index is 0.000000490. The molecule has 0 aliphatic heterocycles. The fraction of sp³-hybridized carbons (Fsp3) is 0. The number of aromatic nitrogens is 2. The van der Waals surface area contributed by atoms with E-state index in [1.165, 1.54) is 12.4 Å². The molecule has 8 heavy (non-hydrogen) atoms. The van der Waals surface area contributed by atoms with Crippen LogP contribution in [0.15, 0.2) is 23.3 Å². The maximum atomic E-state index is 10.1. The second kappa shape index (κ2) is 2.90. The zero-order valence-corrected chi connectivity index (χ0v) is 4.00. The molecule has 3 nitrogen and oxygen atoms in total. The molecule has 0 saturated carbocycles. The van der Waals surface area contributed by atoms with Crippen LogP contribution in [0.5, 0.6) is 0 Å². The first-order chi connectivity index (χ1) is 3.39. The molecule has 0 aliphatic rings. The molecule has 0 aliphatic carbocycles. The third-order valence-corrected chi connectivity index (χ3v) is 0.581. The van der Waals surface area contributed by atoms with Gasteiger partial charge in [-0.3, -0.25) is 4.70 Å². The van der Waals surface area contributed by atoms with Crippen molar-refractivity contribution in [2.24, 2.45) is 0 Å². The topological polar surface area (TPSA) is 45.8 Å². The summed E-state index contributed by atoms with van der Waals surface area (Å²) in [6.07, 6.45) is 2.98. The Hall–Kier alpha value is -1.19. The average molecular weight is 116 g/mol. The van der Waals surface area contributed by atoms with Gasteiger partial charge in [0.05, 0.1) is 0 Å². The van der Waals surface area contributed by atoms with Crippen LogP contribution in [0.2, 0.25) is 0 Å². The lowest BCUT2D eigenvalue weighted by molar-refractivity contribution is 1.08. The van der Waals surface area contributed by atoms with Crippen LogP contribution in [0, 0.1) is 0 Å². The molecule has 1 heterocycles. The maximum absolute atomic E-state index is 10.1. The number of hydrogen-bond donors (Lipinski definition) is 1. The highest BCUT2D eigenvalue weighted by Crippen LogP contribution is 1.60. The first kappa shape index (κ1) is 6.81. The van der Waals surface area contributed by atoms with E-state index in [0.717, 1.165) is 0 Å². The molecule has 1 N–H and O–H groups in total. The predicted octanol–water partition coefficient (Wildman–Crippen LogP) is -0.0776. The SMILES string of the molecule is F.O=c1nccc[nH]1. The van der Waals surface area contributed by atoms with Gasteiger partial charge in [-0.15, -0.1) is 0 Å². The average Bonchev–Trinajstić information content (AvgIpc) is 1.69. The summed E-state index contributed by atoms with van der Waals surface area (Å²) in [4.78, 5) is 15.8. The number of nitrogens with zero attached hydrogens (tertiary/aromatic N) is 1. The van der Waals surface area contributed by atoms with Gasteiger partial charge >= 0.3 is 5.69 Å². The summed E-state index contributed by atoms with van der Waals surface area (Å²) in [7, 11) is 0. The molecule has 0 radical (unpaired) electrons. The van der Waals surface area contributed by atoms with E-state index in [4.69, 9.17) is 0 Å². The first-order valence-electron chi connectivity index (χ1n) is 1.89. The molecule has 44 valence electrons. The molecule has 0 atom stereocenters. The molecule has 0 amide bonds. The van der Waals surface area contributed by atoms with Crippen LogP contribution in [0.4, 0.5) is 4.70 Å². The van der Waals surface area contributed by atoms with E-state index < -0.39 is 0 Å². The Morgan fingerprint density at radius 3 is 2.62 bits per heavy atom. The summed E-state index contributed by atoms with van der Waals surface area (Å²) < 4.78 is 0. The van der Waals surface area contributed by atoms with Gasteiger partial charge in [-0.2, -0.15) is 0 Å². The molecule has 0 fully saturated rings.